The fraction of sp³-hybridized carbons (Fsp3) is 0.273. The Morgan fingerprint density at radius 2 is 1.94 bits per heavy atom. The van der Waals surface area contributed by atoms with E-state index in [1.807, 2.05) is 0 Å². The molecule has 0 spiro atoms. The van der Waals surface area contributed by atoms with Gasteiger partial charge >= 0.3 is 0 Å². The van der Waals surface area contributed by atoms with Crippen molar-refractivity contribution in [1.82, 2.24) is 14.5 Å². The lowest BCUT2D eigenvalue weighted by molar-refractivity contribution is -0.115. The number of aliphatic hydroxyl groups is 1. The molecule has 1 heterocycles. The Kier molecular flexibility index (Phi) is 7.04. The fourth-order valence-electron chi connectivity index (χ4n) is 3.18. The van der Waals surface area contributed by atoms with E-state index in [4.69, 9.17) is 11.6 Å². The molecule has 0 aliphatic heterocycles. The third kappa shape index (κ3) is 5.95. The van der Waals surface area contributed by atoms with Gasteiger partial charge in [0.1, 0.15) is 0 Å². The van der Waals surface area contributed by atoms with Gasteiger partial charge in [0.15, 0.2) is 0 Å². The zero-order chi connectivity index (χ0) is 23.5. The van der Waals surface area contributed by atoms with Gasteiger partial charge in [0.2, 0.25) is 15.9 Å². The Labute approximate surface area is 192 Å². The van der Waals surface area contributed by atoms with Crippen LogP contribution in [0, 0.1) is 0 Å². The van der Waals surface area contributed by atoms with Crippen LogP contribution in [0.4, 0.5) is 5.69 Å². The van der Waals surface area contributed by atoms with Gasteiger partial charge in [-0.1, -0.05) is 35.9 Å². The summed E-state index contributed by atoms with van der Waals surface area (Å²) in [7, 11) is -2.52. The normalized spacial score (nSPS) is 12.0. The molecule has 170 valence electrons. The molecule has 3 N–H and O–H groups in total. The van der Waals surface area contributed by atoms with Crippen molar-refractivity contribution in [2.24, 2.45) is 0 Å². The molecule has 0 saturated carbocycles. The molecule has 0 bridgehead atoms. The number of anilines is 1. The van der Waals surface area contributed by atoms with Gasteiger partial charge in [-0.25, -0.2) is 13.1 Å². The Hall–Kier alpha value is -2.72. The topological polar surface area (TPSA) is 113 Å². The summed E-state index contributed by atoms with van der Waals surface area (Å²) >= 11 is 6.11. The van der Waals surface area contributed by atoms with Crippen LogP contribution in [0.15, 0.2) is 59.8 Å². The van der Waals surface area contributed by atoms with Gasteiger partial charge in [0.25, 0.3) is 0 Å². The second-order valence-electron chi connectivity index (χ2n) is 7.97. The molecule has 3 rings (SSSR count). The minimum absolute atomic E-state index is 0.00153. The maximum Gasteiger partial charge on any atom is 0.241 e. The first-order chi connectivity index (χ1) is 15.0. The van der Waals surface area contributed by atoms with Gasteiger partial charge in [-0.3, -0.25) is 9.48 Å². The summed E-state index contributed by atoms with van der Waals surface area (Å²) in [5.74, 6) is -0.323. The third-order valence-corrected chi connectivity index (χ3v) is 6.45. The second kappa shape index (κ2) is 9.41. The first kappa shape index (κ1) is 23.9. The molecule has 1 amide bonds. The van der Waals surface area contributed by atoms with Gasteiger partial charge in [0.05, 0.1) is 29.7 Å². The van der Waals surface area contributed by atoms with Crippen molar-refractivity contribution in [1.29, 1.82) is 0 Å². The molecule has 0 aliphatic carbocycles. The summed E-state index contributed by atoms with van der Waals surface area (Å²) < 4.78 is 29.3. The molecule has 0 saturated heterocycles. The number of aromatic nitrogens is 2. The largest absolute Gasteiger partial charge is 0.389 e. The summed E-state index contributed by atoms with van der Waals surface area (Å²) in [6.07, 6.45) is 3.25. The van der Waals surface area contributed by atoms with E-state index in [2.05, 4.69) is 15.1 Å². The van der Waals surface area contributed by atoms with Crippen LogP contribution in [-0.4, -0.2) is 41.9 Å². The minimum Gasteiger partial charge on any atom is -0.389 e. The predicted molar refractivity (Wildman–Crippen MR) is 124 cm³/mol. The smallest absolute Gasteiger partial charge is 0.241 e. The average Bonchev–Trinajstić information content (AvgIpc) is 3.16. The number of hydrogen-bond donors (Lipinski definition) is 3. The summed E-state index contributed by atoms with van der Waals surface area (Å²) in [5.41, 5.74) is 1.02. The van der Waals surface area contributed by atoms with E-state index in [0.29, 0.717) is 27.4 Å². The molecule has 8 nitrogen and oxygen atoms in total. The molecule has 0 atom stereocenters. The lowest BCUT2D eigenvalue weighted by atomic mass is 10.1. The van der Waals surface area contributed by atoms with Crippen LogP contribution in [0.3, 0.4) is 0 Å². The number of carbonyl (C=O) groups is 1. The Morgan fingerprint density at radius 1 is 1.22 bits per heavy atom. The number of benzene rings is 2. The van der Waals surface area contributed by atoms with Crippen LogP contribution in [0.25, 0.3) is 11.1 Å². The quantitative estimate of drug-likeness (QED) is 0.462. The zero-order valence-electron chi connectivity index (χ0n) is 18.0. The molecular weight excluding hydrogens is 452 g/mol. The molecule has 3 aromatic rings. The van der Waals surface area contributed by atoms with Crippen LogP contribution >= 0.6 is 11.6 Å². The monoisotopic (exact) mass is 476 g/mol. The predicted octanol–water partition coefficient (Wildman–Crippen LogP) is 3.06. The standard InChI is InChI=1S/C22H25ClN4O4S/c1-22(2,29)14-27-13-16(12-25-27)18-9-8-17(11-20(18)32(30,31)24-3)26-21(28)10-15-6-4-5-7-19(15)23/h4-9,11-13,24,29H,10,14H2,1-3H3,(H,26,28). The van der Waals surface area contributed by atoms with E-state index >= 15 is 0 Å². The van der Waals surface area contributed by atoms with Gasteiger partial charge in [0, 0.05) is 28.0 Å². The molecule has 0 unspecified atom stereocenters. The number of nitrogens with zero attached hydrogens (tertiary/aromatic N) is 2. The number of amides is 1. The van der Waals surface area contributed by atoms with Crippen LogP contribution < -0.4 is 10.0 Å². The summed E-state index contributed by atoms with van der Waals surface area (Å²) in [4.78, 5) is 12.5. The molecule has 10 heteroatoms. The van der Waals surface area contributed by atoms with E-state index in [9.17, 15) is 18.3 Å². The van der Waals surface area contributed by atoms with Crippen molar-refractivity contribution >= 4 is 33.2 Å². The van der Waals surface area contributed by atoms with Crippen molar-refractivity contribution in [3.05, 3.63) is 65.4 Å². The van der Waals surface area contributed by atoms with Crippen LogP contribution in [-0.2, 0) is 27.8 Å². The Balaban J connectivity index is 1.91. The molecule has 0 radical (unpaired) electrons. The van der Waals surface area contributed by atoms with Crippen LogP contribution in [0.5, 0.6) is 0 Å². The highest BCUT2D eigenvalue weighted by atomic mass is 35.5. The van der Waals surface area contributed by atoms with Crippen LogP contribution in [0.1, 0.15) is 19.4 Å². The zero-order valence-corrected chi connectivity index (χ0v) is 19.5. The average molecular weight is 477 g/mol. The summed E-state index contributed by atoms with van der Waals surface area (Å²) in [5, 5.41) is 17.4. The van der Waals surface area contributed by atoms with Crippen molar-refractivity contribution in [3.63, 3.8) is 0 Å². The number of sulfonamides is 1. The maximum absolute atomic E-state index is 12.7. The van der Waals surface area contributed by atoms with Crippen molar-refractivity contribution in [3.8, 4) is 11.1 Å². The van der Waals surface area contributed by atoms with E-state index in [0.717, 1.165) is 0 Å². The van der Waals surface area contributed by atoms with E-state index in [-0.39, 0.29) is 23.8 Å². The SMILES string of the molecule is CNS(=O)(=O)c1cc(NC(=O)Cc2ccccc2Cl)ccc1-c1cnn(CC(C)(C)O)c1. The van der Waals surface area contributed by atoms with E-state index in [1.165, 1.54) is 19.3 Å². The van der Waals surface area contributed by atoms with E-state index in [1.54, 1.807) is 61.1 Å². The molecule has 1 aromatic heterocycles. The molecule has 32 heavy (non-hydrogen) atoms. The summed E-state index contributed by atoms with van der Waals surface area (Å²) in [6.45, 7) is 3.56. The number of carbonyl (C=O) groups excluding carboxylic acids is 1. The minimum atomic E-state index is -3.84. The van der Waals surface area contributed by atoms with Gasteiger partial charge in [-0.2, -0.15) is 5.10 Å². The Morgan fingerprint density at radius 3 is 2.59 bits per heavy atom. The van der Waals surface area contributed by atoms with Gasteiger partial charge in [-0.05, 0) is 44.7 Å². The number of halogens is 1. The highest BCUT2D eigenvalue weighted by Crippen LogP contribution is 2.30. The molecular formula is C22H25ClN4O4S. The van der Waals surface area contributed by atoms with Gasteiger partial charge < -0.3 is 10.4 Å². The maximum atomic E-state index is 12.7. The second-order valence-corrected chi connectivity index (χ2v) is 10.2. The number of rotatable bonds is 8. The van der Waals surface area contributed by atoms with E-state index < -0.39 is 15.6 Å². The Bertz CT molecular complexity index is 1230. The first-order valence-corrected chi connectivity index (χ1v) is 11.7. The highest BCUT2D eigenvalue weighted by Gasteiger charge is 2.21. The van der Waals surface area contributed by atoms with Gasteiger partial charge in [-0.15, -0.1) is 0 Å². The highest BCUT2D eigenvalue weighted by molar-refractivity contribution is 7.89. The lowest BCUT2D eigenvalue weighted by Gasteiger charge is -2.16. The molecule has 0 aliphatic rings. The fourth-order valence-corrected chi connectivity index (χ4v) is 4.36. The van der Waals surface area contributed by atoms with Crippen molar-refractivity contribution in [2.75, 3.05) is 12.4 Å². The number of hydrogen-bond acceptors (Lipinski definition) is 5. The number of nitrogens with one attached hydrogen (secondary N) is 2. The molecule has 0 fully saturated rings. The first-order valence-electron chi connectivity index (χ1n) is 9.84. The summed E-state index contributed by atoms with van der Waals surface area (Å²) in [6, 6.07) is 11.7. The van der Waals surface area contributed by atoms with Crippen molar-refractivity contribution in [2.45, 2.75) is 37.3 Å². The van der Waals surface area contributed by atoms with Crippen molar-refractivity contribution < 1.29 is 18.3 Å². The lowest BCUT2D eigenvalue weighted by Crippen LogP contribution is -2.26. The van der Waals surface area contributed by atoms with Crippen LogP contribution in [0.2, 0.25) is 5.02 Å². The third-order valence-electron chi connectivity index (χ3n) is 4.63. The molecule has 2 aromatic carbocycles.